The highest BCUT2D eigenvalue weighted by Gasteiger charge is 2.09. The Morgan fingerprint density at radius 1 is 1.53 bits per heavy atom. The van der Waals surface area contributed by atoms with E-state index in [1.807, 2.05) is 6.08 Å². The Bertz CT molecular complexity index is 199. The van der Waals surface area contributed by atoms with Crippen LogP contribution < -0.4 is 11.1 Å². The first-order valence-electron chi connectivity index (χ1n) is 4.72. The van der Waals surface area contributed by atoms with Gasteiger partial charge in [0, 0.05) is 17.0 Å². The average Bonchev–Trinajstić information content (AvgIpc) is 2.00. The van der Waals surface area contributed by atoms with Gasteiger partial charge in [0.2, 0.25) is 0 Å². The van der Waals surface area contributed by atoms with Crippen LogP contribution in [0.4, 0.5) is 0 Å². The molecule has 0 spiro atoms. The first-order chi connectivity index (χ1) is 6.45. The normalized spacial score (nSPS) is 11.8. The number of thioether (sulfide) groups is 1. The van der Waals surface area contributed by atoms with Gasteiger partial charge in [0.1, 0.15) is 0 Å². The SMILES string of the molecule is C=CCSCCN=C(N)NC(C)(C)C.I. The molecule has 0 aliphatic heterocycles. The van der Waals surface area contributed by atoms with Crippen LogP contribution in [0.3, 0.4) is 0 Å². The lowest BCUT2D eigenvalue weighted by Crippen LogP contribution is -2.45. The number of aliphatic imine (C=N–C) groups is 1. The molecule has 0 aromatic heterocycles. The van der Waals surface area contributed by atoms with Crippen molar-refractivity contribution >= 4 is 41.7 Å². The minimum atomic E-state index is -0.0121. The molecule has 3 nitrogen and oxygen atoms in total. The highest BCUT2D eigenvalue weighted by atomic mass is 127. The van der Waals surface area contributed by atoms with Gasteiger partial charge in [0.05, 0.1) is 6.54 Å². The first kappa shape index (κ1) is 17.5. The van der Waals surface area contributed by atoms with Crippen molar-refractivity contribution in [2.24, 2.45) is 10.7 Å². The van der Waals surface area contributed by atoms with Crippen LogP contribution >= 0.6 is 35.7 Å². The maximum Gasteiger partial charge on any atom is 0.189 e. The minimum absolute atomic E-state index is 0. The van der Waals surface area contributed by atoms with Crippen LogP contribution in [-0.2, 0) is 0 Å². The molecule has 15 heavy (non-hydrogen) atoms. The summed E-state index contributed by atoms with van der Waals surface area (Å²) in [5, 5.41) is 3.11. The topological polar surface area (TPSA) is 50.4 Å². The van der Waals surface area contributed by atoms with E-state index in [-0.39, 0.29) is 29.5 Å². The smallest absolute Gasteiger partial charge is 0.189 e. The quantitative estimate of drug-likeness (QED) is 0.265. The Morgan fingerprint density at radius 3 is 2.60 bits per heavy atom. The van der Waals surface area contributed by atoms with E-state index < -0.39 is 0 Å². The molecule has 0 aliphatic carbocycles. The number of nitrogens with zero attached hydrogens (tertiary/aromatic N) is 1. The van der Waals surface area contributed by atoms with Gasteiger partial charge in [-0.3, -0.25) is 4.99 Å². The third-order valence-electron chi connectivity index (χ3n) is 1.26. The number of rotatable bonds is 5. The second-order valence-electron chi connectivity index (χ2n) is 4.01. The number of hydrogen-bond donors (Lipinski definition) is 2. The summed E-state index contributed by atoms with van der Waals surface area (Å²) in [4.78, 5) is 4.21. The van der Waals surface area contributed by atoms with Crippen molar-refractivity contribution in [2.45, 2.75) is 26.3 Å². The number of nitrogens with two attached hydrogens (primary N) is 1. The van der Waals surface area contributed by atoms with Gasteiger partial charge in [-0.25, -0.2) is 0 Å². The third kappa shape index (κ3) is 14.1. The molecule has 0 saturated heterocycles. The lowest BCUT2D eigenvalue weighted by Gasteiger charge is -2.20. The molecule has 0 rings (SSSR count). The lowest BCUT2D eigenvalue weighted by atomic mass is 10.1. The largest absolute Gasteiger partial charge is 0.370 e. The zero-order valence-corrected chi connectivity index (χ0v) is 12.9. The summed E-state index contributed by atoms with van der Waals surface area (Å²) in [5.41, 5.74) is 5.67. The summed E-state index contributed by atoms with van der Waals surface area (Å²) < 4.78 is 0. The molecule has 5 heteroatoms. The molecule has 0 aliphatic rings. The van der Waals surface area contributed by atoms with Crippen LogP contribution in [0.5, 0.6) is 0 Å². The van der Waals surface area contributed by atoms with Crippen molar-refractivity contribution in [3.05, 3.63) is 12.7 Å². The van der Waals surface area contributed by atoms with E-state index >= 15 is 0 Å². The van der Waals surface area contributed by atoms with Crippen LogP contribution in [0.1, 0.15) is 20.8 Å². The van der Waals surface area contributed by atoms with Gasteiger partial charge in [0.25, 0.3) is 0 Å². The molecule has 0 unspecified atom stereocenters. The number of hydrogen-bond acceptors (Lipinski definition) is 2. The van der Waals surface area contributed by atoms with Crippen molar-refractivity contribution in [1.82, 2.24) is 5.32 Å². The van der Waals surface area contributed by atoms with Gasteiger partial charge in [-0.1, -0.05) is 6.08 Å². The molecule has 90 valence electrons. The summed E-state index contributed by atoms with van der Waals surface area (Å²) in [5.74, 6) is 2.48. The zero-order valence-electron chi connectivity index (χ0n) is 9.75. The number of nitrogens with one attached hydrogen (secondary N) is 1. The van der Waals surface area contributed by atoms with Gasteiger partial charge in [-0.2, -0.15) is 11.8 Å². The molecule has 0 aromatic rings. The van der Waals surface area contributed by atoms with Crippen molar-refractivity contribution < 1.29 is 0 Å². The second-order valence-corrected chi connectivity index (χ2v) is 5.16. The van der Waals surface area contributed by atoms with Crippen molar-refractivity contribution in [2.75, 3.05) is 18.1 Å². The molecule has 3 N–H and O–H groups in total. The third-order valence-corrected chi connectivity index (χ3v) is 2.20. The van der Waals surface area contributed by atoms with Crippen LogP contribution in [0.25, 0.3) is 0 Å². The monoisotopic (exact) mass is 343 g/mol. The van der Waals surface area contributed by atoms with Gasteiger partial charge in [-0.05, 0) is 20.8 Å². The molecular formula is C10H22IN3S. The molecule has 0 bridgehead atoms. The summed E-state index contributed by atoms with van der Waals surface area (Å²) in [6.07, 6.45) is 1.89. The molecule has 0 heterocycles. The zero-order chi connectivity index (χ0) is 11.0. The predicted octanol–water partition coefficient (Wildman–Crippen LogP) is 2.23. The van der Waals surface area contributed by atoms with E-state index in [2.05, 4.69) is 37.7 Å². The van der Waals surface area contributed by atoms with E-state index in [4.69, 9.17) is 5.73 Å². The van der Waals surface area contributed by atoms with Gasteiger partial charge < -0.3 is 11.1 Å². The average molecular weight is 343 g/mol. The van der Waals surface area contributed by atoms with E-state index in [1.54, 1.807) is 11.8 Å². The van der Waals surface area contributed by atoms with Crippen LogP contribution in [0.15, 0.2) is 17.6 Å². The molecule has 0 saturated carbocycles. The van der Waals surface area contributed by atoms with Crippen molar-refractivity contribution in [3.8, 4) is 0 Å². The first-order valence-corrected chi connectivity index (χ1v) is 5.88. The van der Waals surface area contributed by atoms with E-state index in [9.17, 15) is 0 Å². The number of halogens is 1. The Balaban J connectivity index is 0. The lowest BCUT2D eigenvalue weighted by molar-refractivity contribution is 0.508. The number of guanidine groups is 1. The van der Waals surface area contributed by atoms with E-state index in [0.717, 1.165) is 18.1 Å². The van der Waals surface area contributed by atoms with Crippen LogP contribution in [-0.4, -0.2) is 29.5 Å². The second kappa shape index (κ2) is 9.33. The Hall–Kier alpha value is 0.0900. The molecule has 0 atom stereocenters. The summed E-state index contributed by atoms with van der Waals surface area (Å²) in [7, 11) is 0. The Kier molecular flexibility index (Phi) is 10.9. The molecule has 0 amide bonds. The van der Waals surface area contributed by atoms with Crippen LogP contribution in [0, 0.1) is 0 Å². The summed E-state index contributed by atoms with van der Waals surface area (Å²) >= 11 is 1.80. The highest BCUT2D eigenvalue weighted by molar-refractivity contribution is 14.0. The fourth-order valence-electron chi connectivity index (χ4n) is 0.821. The summed E-state index contributed by atoms with van der Waals surface area (Å²) in [6.45, 7) is 10.6. The maximum atomic E-state index is 5.68. The molecular weight excluding hydrogens is 321 g/mol. The van der Waals surface area contributed by atoms with Gasteiger partial charge in [0.15, 0.2) is 5.96 Å². The van der Waals surface area contributed by atoms with Crippen molar-refractivity contribution in [1.29, 1.82) is 0 Å². The maximum absolute atomic E-state index is 5.68. The fraction of sp³-hybridized carbons (Fsp3) is 0.700. The van der Waals surface area contributed by atoms with Crippen LogP contribution in [0.2, 0.25) is 0 Å². The molecule has 0 fully saturated rings. The molecule has 0 aromatic carbocycles. The fourth-order valence-corrected chi connectivity index (χ4v) is 1.37. The highest BCUT2D eigenvalue weighted by Crippen LogP contribution is 1.99. The predicted molar refractivity (Wildman–Crippen MR) is 82.3 cm³/mol. The standard InChI is InChI=1S/C10H21N3S.HI/c1-5-7-14-8-6-12-9(11)13-10(2,3)4;/h5H,1,6-8H2,2-4H3,(H3,11,12,13);1H. The van der Waals surface area contributed by atoms with Gasteiger partial charge >= 0.3 is 0 Å². The molecule has 0 radical (unpaired) electrons. The van der Waals surface area contributed by atoms with Crippen molar-refractivity contribution in [3.63, 3.8) is 0 Å². The Morgan fingerprint density at radius 2 is 2.13 bits per heavy atom. The van der Waals surface area contributed by atoms with Gasteiger partial charge in [-0.15, -0.1) is 30.6 Å². The van der Waals surface area contributed by atoms with E-state index in [0.29, 0.717) is 5.96 Å². The minimum Gasteiger partial charge on any atom is -0.370 e. The van der Waals surface area contributed by atoms with E-state index in [1.165, 1.54) is 0 Å². The summed E-state index contributed by atoms with van der Waals surface area (Å²) in [6, 6.07) is 0. The Labute approximate surface area is 114 Å².